The maximum Gasteiger partial charge on any atom is 0.574 e. The molecule has 0 atom stereocenters. The molecule has 0 saturated heterocycles. The summed E-state index contributed by atoms with van der Waals surface area (Å²) in [4.78, 5) is 3.57. The maximum absolute atomic E-state index is 11.9. The van der Waals surface area contributed by atoms with Crippen LogP contribution in [-0.4, -0.2) is 16.5 Å². The van der Waals surface area contributed by atoms with Crippen LogP contribution in [0.3, 0.4) is 0 Å². The molecule has 0 radical (unpaired) electrons. The van der Waals surface area contributed by atoms with Gasteiger partial charge in [0.2, 0.25) is 5.88 Å². The van der Waals surface area contributed by atoms with Gasteiger partial charge >= 0.3 is 6.36 Å². The van der Waals surface area contributed by atoms with Crippen LogP contribution >= 0.6 is 22.6 Å². The second-order valence-electron chi connectivity index (χ2n) is 2.75. The number of aromatic nitrogens is 1. The summed E-state index contributed by atoms with van der Waals surface area (Å²) in [5, 5.41) is 8.91. The molecule has 1 heterocycles. The highest BCUT2D eigenvalue weighted by Crippen LogP contribution is 2.25. The Morgan fingerprint density at radius 2 is 2.13 bits per heavy atom. The molecule has 0 amide bonds. The molecule has 0 aliphatic carbocycles. The van der Waals surface area contributed by atoms with E-state index in [1.54, 1.807) is 29.5 Å². The molecule has 0 spiro atoms. The van der Waals surface area contributed by atoms with Crippen molar-refractivity contribution in [2.75, 3.05) is 0 Å². The van der Waals surface area contributed by atoms with Gasteiger partial charge in [-0.3, -0.25) is 0 Å². The molecule has 1 rings (SSSR count). The molecule has 1 aromatic heterocycles. The van der Waals surface area contributed by atoms with Crippen molar-refractivity contribution in [2.45, 2.75) is 19.9 Å². The van der Waals surface area contributed by atoms with Crippen molar-refractivity contribution >= 4 is 22.6 Å². The standard InChI is InChI=1S/C8H7F3INO2/c1-4-2-6(15-8(9,10)11)13-7(12)5(4)3-14/h2,14H,3H2,1H3. The summed E-state index contributed by atoms with van der Waals surface area (Å²) in [6.07, 6.45) is -4.75. The Kier molecular flexibility index (Phi) is 3.77. The van der Waals surface area contributed by atoms with E-state index in [-0.39, 0.29) is 6.61 Å². The van der Waals surface area contributed by atoms with Crippen molar-refractivity contribution in [1.82, 2.24) is 4.98 Å². The van der Waals surface area contributed by atoms with Crippen LogP contribution in [0.25, 0.3) is 0 Å². The Labute approximate surface area is 97.4 Å². The van der Waals surface area contributed by atoms with Crippen LogP contribution in [-0.2, 0) is 6.61 Å². The molecule has 15 heavy (non-hydrogen) atoms. The van der Waals surface area contributed by atoms with Gasteiger partial charge in [0.25, 0.3) is 0 Å². The predicted octanol–water partition coefficient (Wildman–Crippen LogP) is 2.39. The van der Waals surface area contributed by atoms with E-state index in [0.29, 0.717) is 14.8 Å². The van der Waals surface area contributed by atoms with Gasteiger partial charge in [0.05, 0.1) is 6.61 Å². The average molecular weight is 333 g/mol. The fourth-order valence-corrected chi connectivity index (χ4v) is 1.83. The van der Waals surface area contributed by atoms with E-state index in [1.807, 2.05) is 0 Å². The Morgan fingerprint density at radius 3 is 2.53 bits per heavy atom. The summed E-state index contributed by atoms with van der Waals surface area (Å²) in [7, 11) is 0. The molecule has 3 nitrogen and oxygen atoms in total. The highest BCUT2D eigenvalue weighted by Gasteiger charge is 2.32. The summed E-state index contributed by atoms with van der Waals surface area (Å²) in [5.41, 5.74) is 1.02. The minimum atomic E-state index is -4.75. The van der Waals surface area contributed by atoms with Gasteiger partial charge in [-0.2, -0.15) is 0 Å². The van der Waals surface area contributed by atoms with E-state index < -0.39 is 12.2 Å². The van der Waals surface area contributed by atoms with Gasteiger partial charge in [0, 0.05) is 11.6 Å². The molecule has 0 unspecified atom stereocenters. The first-order valence-corrected chi connectivity index (χ1v) is 4.94. The van der Waals surface area contributed by atoms with Crippen LogP contribution in [0.4, 0.5) is 13.2 Å². The van der Waals surface area contributed by atoms with Crippen molar-refractivity contribution in [3.63, 3.8) is 0 Å². The lowest BCUT2D eigenvalue weighted by atomic mass is 10.2. The average Bonchev–Trinajstić information content (AvgIpc) is 1.99. The molecule has 84 valence electrons. The summed E-state index contributed by atoms with van der Waals surface area (Å²) >= 11 is 1.74. The smallest absolute Gasteiger partial charge is 0.392 e. The first kappa shape index (κ1) is 12.5. The zero-order valence-electron chi connectivity index (χ0n) is 7.60. The molecule has 0 aliphatic rings. The van der Waals surface area contributed by atoms with Gasteiger partial charge in [-0.25, -0.2) is 4.98 Å². The number of aliphatic hydroxyl groups excluding tert-OH is 1. The molecular formula is C8H7F3INO2. The SMILES string of the molecule is Cc1cc(OC(F)(F)F)nc(I)c1CO. The van der Waals surface area contributed by atoms with Crippen molar-refractivity contribution in [2.24, 2.45) is 0 Å². The van der Waals surface area contributed by atoms with Crippen molar-refractivity contribution in [3.8, 4) is 5.88 Å². The van der Waals surface area contributed by atoms with E-state index >= 15 is 0 Å². The van der Waals surface area contributed by atoms with Crippen LogP contribution in [0.5, 0.6) is 5.88 Å². The van der Waals surface area contributed by atoms with Crippen LogP contribution in [0.2, 0.25) is 0 Å². The zero-order chi connectivity index (χ0) is 11.6. The van der Waals surface area contributed by atoms with Gasteiger partial charge in [0.15, 0.2) is 0 Å². The molecule has 0 fully saturated rings. The molecule has 1 aromatic rings. The number of ether oxygens (including phenoxy) is 1. The number of alkyl halides is 3. The van der Waals surface area contributed by atoms with E-state index in [0.717, 1.165) is 6.07 Å². The number of hydrogen-bond acceptors (Lipinski definition) is 3. The molecule has 7 heteroatoms. The monoisotopic (exact) mass is 333 g/mol. The van der Waals surface area contributed by atoms with Crippen molar-refractivity contribution < 1.29 is 23.0 Å². The third-order valence-corrected chi connectivity index (χ3v) is 2.54. The number of rotatable bonds is 2. The van der Waals surface area contributed by atoms with Gasteiger partial charge in [-0.15, -0.1) is 13.2 Å². The molecule has 0 saturated carbocycles. The van der Waals surface area contributed by atoms with E-state index in [4.69, 9.17) is 5.11 Å². The van der Waals surface area contributed by atoms with Gasteiger partial charge in [0.1, 0.15) is 3.70 Å². The van der Waals surface area contributed by atoms with Gasteiger partial charge < -0.3 is 9.84 Å². The largest absolute Gasteiger partial charge is 0.574 e. The van der Waals surface area contributed by atoms with Gasteiger partial charge in [-0.1, -0.05) is 0 Å². The third kappa shape index (κ3) is 3.49. The summed E-state index contributed by atoms with van der Waals surface area (Å²) < 4.78 is 39.6. The van der Waals surface area contributed by atoms with Crippen molar-refractivity contribution in [3.05, 3.63) is 20.9 Å². The summed E-state index contributed by atoms with van der Waals surface area (Å²) in [5.74, 6) is -0.512. The normalized spacial score (nSPS) is 11.6. The van der Waals surface area contributed by atoms with Crippen LogP contribution in [0.1, 0.15) is 11.1 Å². The first-order chi connectivity index (χ1) is 6.83. The Hall–Kier alpha value is -0.570. The minimum Gasteiger partial charge on any atom is -0.392 e. The number of hydrogen-bond donors (Lipinski definition) is 1. The van der Waals surface area contributed by atoms with E-state index in [9.17, 15) is 13.2 Å². The molecule has 0 bridgehead atoms. The van der Waals surface area contributed by atoms with Crippen LogP contribution in [0.15, 0.2) is 6.07 Å². The summed E-state index contributed by atoms with van der Waals surface area (Å²) in [6, 6.07) is 1.14. The highest BCUT2D eigenvalue weighted by atomic mass is 127. The minimum absolute atomic E-state index is 0.261. The van der Waals surface area contributed by atoms with Gasteiger partial charge in [-0.05, 0) is 35.1 Å². The quantitative estimate of drug-likeness (QED) is 0.668. The fraction of sp³-hybridized carbons (Fsp3) is 0.375. The highest BCUT2D eigenvalue weighted by molar-refractivity contribution is 14.1. The second-order valence-corrected chi connectivity index (χ2v) is 3.77. The first-order valence-electron chi connectivity index (χ1n) is 3.86. The second kappa shape index (κ2) is 4.52. The summed E-state index contributed by atoms with van der Waals surface area (Å²) in [6.45, 7) is 1.32. The topological polar surface area (TPSA) is 42.4 Å². The lowest BCUT2D eigenvalue weighted by Gasteiger charge is -2.11. The lowest BCUT2D eigenvalue weighted by Crippen LogP contribution is -2.18. The number of aliphatic hydroxyl groups is 1. The Balaban J connectivity index is 3.04. The van der Waals surface area contributed by atoms with Crippen molar-refractivity contribution in [1.29, 1.82) is 0 Å². The van der Waals surface area contributed by atoms with Crippen LogP contribution in [0, 0.1) is 10.6 Å². The number of halogens is 4. The number of aryl methyl sites for hydroxylation is 1. The zero-order valence-corrected chi connectivity index (χ0v) is 9.76. The molecular weight excluding hydrogens is 326 g/mol. The maximum atomic E-state index is 11.9. The third-order valence-electron chi connectivity index (χ3n) is 1.65. The predicted molar refractivity (Wildman–Crippen MR) is 54.3 cm³/mol. The number of pyridine rings is 1. The number of nitrogens with zero attached hydrogens (tertiary/aromatic N) is 1. The fourth-order valence-electron chi connectivity index (χ4n) is 0.992. The Morgan fingerprint density at radius 1 is 1.53 bits per heavy atom. The molecule has 0 aromatic carbocycles. The van der Waals surface area contributed by atoms with E-state index in [2.05, 4.69) is 9.72 Å². The van der Waals surface area contributed by atoms with E-state index in [1.165, 1.54) is 0 Å². The molecule has 0 aliphatic heterocycles. The lowest BCUT2D eigenvalue weighted by molar-refractivity contribution is -0.276. The molecule has 1 N–H and O–H groups in total. The van der Waals surface area contributed by atoms with Crippen LogP contribution < -0.4 is 4.74 Å². The Bertz CT molecular complexity index is 344.